The number of methoxy groups -OCH3 is 2. The van der Waals surface area contributed by atoms with E-state index in [1.165, 1.54) is 22.3 Å². The van der Waals surface area contributed by atoms with Crippen LogP contribution in [0.1, 0.15) is 23.1 Å². The zero-order chi connectivity index (χ0) is 24.6. The van der Waals surface area contributed by atoms with Gasteiger partial charge >= 0.3 is 0 Å². The van der Waals surface area contributed by atoms with Crippen LogP contribution >= 0.6 is 0 Å². The molecule has 0 fully saturated rings. The van der Waals surface area contributed by atoms with E-state index in [-0.39, 0.29) is 0 Å². The maximum absolute atomic E-state index is 5.75. The summed E-state index contributed by atoms with van der Waals surface area (Å²) in [5, 5.41) is 7.77. The van der Waals surface area contributed by atoms with Crippen molar-refractivity contribution in [3.8, 4) is 33.7 Å². The summed E-state index contributed by atoms with van der Waals surface area (Å²) < 4.78 is 16.4. The van der Waals surface area contributed by atoms with Crippen LogP contribution in [0.4, 0.5) is 0 Å². The fraction of sp³-hybridized carbons (Fsp3) is 0.233. The van der Waals surface area contributed by atoms with Crippen molar-refractivity contribution in [1.29, 1.82) is 0 Å². The highest BCUT2D eigenvalue weighted by atomic mass is 16.5. The third-order valence-electron chi connectivity index (χ3n) is 6.06. The van der Waals surface area contributed by atoms with Crippen LogP contribution in [0.3, 0.4) is 0 Å². The van der Waals surface area contributed by atoms with Gasteiger partial charge in [0, 0.05) is 43.8 Å². The van der Waals surface area contributed by atoms with Crippen LogP contribution in [0.2, 0.25) is 0 Å². The van der Waals surface area contributed by atoms with Gasteiger partial charge in [-0.15, -0.1) is 0 Å². The predicted octanol–water partition coefficient (Wildman–Crippen LogP) is 6.77. The minimum atomic E-state index is 0.519. The van der Waals surface area contributed by atoms with Crippen LogP contribution in [-0.2, 0) is 22.6 Å². The zero-order valence-corrected chi connectivity index (χ0v) is 20.6. The monoisotopic (exact) mass is 468 g/mol. The molecule has 0 aliphatic heterocycles. The van der Waals surface area contributed by atoms with Gasteiger partial charge in [0.25, 0.3) is 0 Å². The van der Waals surface area contributed by atoms with Gasteiger partial charge in [0.2, 0.25) is 0 Å². The van der Waals surface area contributed by atoms with Crippen molar-refractivity contribution in [3.05, 3.63) is 102 Å². The van der Waals surface area contributed by atoms with Crippen molar-refractivity contribution in [2.75, 3.05) is 20.8 Å². The van der Waals surface area contributed by atoms with Gasteiger partial charge in [-0.05, 0) is 46.9 Å². The van der Waals surface area contributed by atoms with Gasteiger partial charge in [-0.25, -0.2) is 0 Å². The van der Waals surface area contributed by atoms with Crippen molar-refractivity contribution in [2.45, 2.75) is 26.5 Å². The molecular formula is C30H32N2O3. The second-order valence-electron chi connectivity index (χ2n) is 8.57. The lowest BCUT2D eigenvalue weighted by Crippen LogP contribution is -2.15. The number of nitrogens with zero attached hydrogens (tertiary/aromatic N) is 1. The van der Waals surface area contributed by atoms with E-state index in [0.29, 0.717) is 6.61 Å². The van der Waals surface area contributed by atoms with E-state index in [1.807, 2.05) is 12.1 Å². The molecule has 0 bridgehead atoms. The Morgan fingerprint density at radius 3 is 2.60 bits per heavy atom. The van der Waals surface area contributed by atoms with Crippen LogP contribution in [-0.4, -0.2) is 25.9 Å². The molecule has 0 amide bonds. The summed E-state index contributed by atoms with van der Waals surface area (Å²) in [6.45, 7) is 8.07. The Morgan fingerprint density at radius 2 is 1.80 bits per heavy atom. The molecule has 0 aliphatic carbocycles. The van der Waals surface area contributed by atoms with Gasteiger partial charge in [0.05, 0.1) is 19.5 Å². The predicted molar refractivity (Wildman–Crippen MR) is 141 cm³/mol. The molecule has 4 rings (SSSR count). The number of benzene rings is 3. The molecular weight excluding hydrogens is 436 g/mol. The number of aryl methyl sites for hydroxylation is 1. The molecule has 0 spiro atoms. The molecule has 1 aromatic heterocycles. The average molecular weight is 469 g/mol. The largest absolute Gasteiger partial charge is 0.502 e. The summed E-state index contributed by atoms with van der Waals surface area (Å²) in [6, 6.07) is 25.1. The standard InChI is InChI=1S/C30H32N2O3/c1-21-8-5-6-11-27(21)28-13-12-25(17-26(28)20-33-3)30-18-29(32-35-30)24-10-7-9-23(16-24)19-31-15-14-22(2)34-4/h5-13,16-18,31H,2,14-15,19-20H2,1,3-4H3. The first-order valence-corrected chi connectivity index (χ1v) is 11.8. The highest BCUT2D eigenvalue weighted by molar-refractivity contribution is 5.75. The number of hydrogen-bond donors (Lipinski definition) is 1. The minimum Gasteiger partial charge on any atom is -0.502 e. The Morgan fingerprint density at radius 1 is 0.943 bits per heavy atom. The van der Waals surface area contributed by atoms with Crippen molar-refractivity contribution < 1.29 is 14.0 Å². The molecule has 0 unspecified atom stereocenters. The van der Waals surface area contributed by atoms with Gasteiger partial charge in [-0.1, -0.05) is 66.3 Å². The first-order chi connectivity index (χ1) is 17.1. The normalized spacial score (nSPS) is 10.9. The van der Waals surface area contributed by atoms with Gasteiger partial charge in [0.15, 0.2) is 5.76 Å². The molecule has 1 N–H and O–H groups in total. The Balaban J connectivity index is 1.53. The van der Waals surface area contributed by atoms with Crippen LogP contribution in [0.5, 0.6) is 0 Å². The topological polar surface area (TPSA) is 56.5 Å². The molecule has 4 aromatic rings. The van der Waals surface area contributed by atoms with Crippen LogP contribution in [0, 0.1) is 6.92 Å². The molecule has 0 atom stereocenters. The molecule has 180 valence electrons. The SMILES string of the molecule is C=C(CCNCc1cccc(-c2cc(-c3ccc(-c4ccccc4C)c(COC)c3)on2)c1)OC. The maximum atomic E-state index is 5.75. The maximum Gasteiger partial charge on any atom is 0.167 e. The number of hydrogen-bond acceptors (Lipinski definition) is 5. The fourth-order valence-corrected chi connectivity index (χ4v) is 4.11. The zero-order valence-electron chi connectivity index (χ0n) is 20.6. The lowest BCUT2D eigenvalue weighted by Gasteiger charge is -2.13. The van der Waals surface area contributed by atoms with Gasteiger partial charge in [0.1, 0.15) is 5.69 Å². The van der Waals surface area contributed by atoms with Crippen molar-refractivity contribution in [3.63, 3.8) is 0 Å². The Kier molecular flexibility index (Phi) is 8.14. The lowest BCUT2D eigenvalue weighted by atomic mass is 9.94. The molecule has 3 aromatic carbocycles. The highest BCUT2D eigenvalue weighted by Crippen LogP contribution is 2.33. The average Bonchev–Trinajstić information content (AvgIpc) is 3.38. The second kappa shape index (κ2) is 11.6. The molecule has 35 heavy (non-hydrogen) atoms. The summed E-state index contributed by atoms with van der Waals surface area (Å²) in [5.41, 5.74) is 8.72. The van der Waals surface area contributed by atoms with E-state index < -0.39 is 0 Å². The quantitative estimate of drug-likeness (QED) is 0.194. The molecule has 0 aliphatic rings. The van der Waals surface area contributed by atoms with Crippen LogP contribution in [0.25, 0.3) is 33.7 Å². The number of ether oxygens (including phenoxy) is 2. The first-order valence-electron chi connectivity index (χ1n) is 11.8. The Labute approximate surface area is 207 Å². The van der Waals surface area contributed by atoms with Crippen molar-refractivity contribution in [1.82, 2.24) is 10.5 Å². The molecule has 0 saturated carbocycles. The molecule has 5 heteroatoms. The molecule has 0 saturated heterocycles. The fourth-order valence-electron chi connectivity index (χ4n) is 4.11. The Bertz CT molecular complexity index is 1290. The van der Waals surface area contributed by atoms with E-state index in [4.69, 9.17) is 14.0 Å². The van der Waals surface area contributed by atoms with Crippen LogP contribution in [0.15, 0.2) is 89.7 Å². The number of nitrogens with one attached hydrogen (secondary N) is 1. The van der Waals surface area contributed by atoms with E-state index in [9.17, 15) is 0 Å². The van der Waals surface area contributed by atoms with Crippen LogP contribution < -0.4 is 5.32 Å². The lowest BCUT2D eigenvalue weighted by molar-refractivity contribution is 0.185. The van der Waals surface area contributed by atoms with Gasteiger partial charge < -0.3 is 19.3 Å². The van der Waals surface area contributed by atoms with E-state index in [1.54, 1.807) is 14.2 Å². The smallest absolute Gasteiger partial charge is 0.167 e. The summed E-state index contributed by atoms with van der Waals surface area (Å²) in [5.74, 6) is 1.51. The summed E-state index contributed by atoms with van der Waals surface area (Å²) in [4.78, 5) is 0. The third-order valence-corrected chi connectivity index (χ3v) is 6.06. The van der Waals surface area contributed by atoms with Gasteiger partial charge in [-0.2, -0.15) is 0 Å². The molecule has 1 heterocycles. The number of aromatic nitrogens is 1. The van der Waals surface area contributed by atoms with Crippen molar-refractivity contribution in [2.24, 2.45) is 0 Å². The van der Waals surface area contributed by atoms with Gasteiger partial charge in [-0.3, -0.25) is 0 Å². The molecule has 5 nitrogen and oxygen atoms in total. The third kappa shape index (κ3) is 6.07. The van der Waals surface area contributed by atoms with E-state index >= 15 is 0 Å². The second-order valence-corrected chi connectivity index (χ2v) is 8.57. The summed E-state index contributed by atoms with van der Waals surface area (Å²) in [6.07, 6.45) is 0.788. The van der Waals surface area contributed by atoms with Crippen molar-refractivity contribution >= 4 is 0 Å². The van der Waals surface area contributed by atoms with E-state index in [0.717, 1.165) is 53.4 Å². The molecule has 0 radical (unpaired) electrons. The Hall–Kier alpha value is -3.67. The number of rotatable bonds is 11. The summed E-state index contributed by atoms with van der Waals surface area (Å²) >= 11 is 0. The summed E-state index contributed by atoms with van der Waals surface area (Å²) in [7, 11) is 3.37. The highest BCUT2D eigenvalue weighted by Gasteiger charge is 2.13. The van der Waals surface area contributed by atoms with E-state index in [2.05, 4.69) is 84.6 Å². The first kappa shape index (κ1) is 24.5. The minimum absolute atomic E-state index is 0.519.